The Morgan fingerprint density at radius 2 is 1.83 bits per heavy atom. The minimum Gasteiger partial charge on any atom is -0.496 e. The molecule has 0 radical (unpaired) electrons. The fourth-order valence-corrected chi connectivity index (χ4v) is 2.20. The molecule has 3 aromatic rings. The number of ether oxygens (including phenoxy) is 1. The highest BCUT2D eigenvalue weighted by Crippen LogP contribution is 2.29. The van der Waals surface area contributed by atoms with Gasteiger partial charge in [-0.25, -0.2) is 9.97 Å². The Hall–Kier alpha value is -2.66. The minimum absolute atomic E-state index is 0.0927. The van der Waals surface area contributed by atoms with Crippen LogP contribution in [0.1, 0.15) is 19.4 Å². The number of methoxy groups -OCH3 is 1. The highest BCUT2D eigenvalue weighted by molar-refractivity contribution is 5.92. The third kappa shape index (κ3) is 3.76. The molecule has 0 aliphatic carbocycles. The van der Waals surface area contributed by atoms with Crippen LogP contribution in [-0.2, 0) is 6.61 Å². The fraction of sp³-hybridized carbons (Fsp3) is 0.222. The molecule has 0 spiro atoms. The van der Waals surface area contributed by atoms with E-state index in [0.717, 1.165) is 16.6 Å². The molecule has 0 saturated carbocycles. The van der Waals surface area contributed by atoms with Crippen LogP contribution in [0, 0.1) is 0 Å². The normalized spacial score (nSPS) is 9.91. The van der Waals surface area contributed by atoms with Crippen molar-refractivity contribution in [3.05, 3.63) is 54.4 Å². The summed E-state index contributed by atoms with van der Waals surface area (Å²) in [4.78, 5) is 8.54. The number of nitrogens with zero attached hydrogens (tertiary/aromatic N) is 2. The maximum Gasteiger partial charge on any atom is 0.141 e. The first-order chi connectivity index (χ1) is 11.3. The summed E-state index contributed by atoms with van der Waals surface area (Å²) in [6.07, 6.45) is 1.50. The molecule has 0 aliphatic heterocycles. The zero-order chi connectivity index (χ0) is 16.7. The standard InChI is InChI=1S/C16H15N3O2.C2H6/c1-21-15-8-13-14(7-11(15)9-20)17-10-18-16(13)19-12-5-3-2-4-6-12;1-2/h2-8,10,20H,9H2,1H3,(H,17,18,19);1-2H3. The van der Waals surface area contributed by atoms with Gasteiger partial charge in [-0.1, -0.05) is 32.0 Å². The van der Waals surface area contributed by atoms with Crippen molar-refractivity contribution < 1.29 is 9.84 Å². The Morgan fingerprint density at radius 1 is 1.09 bits per heavy atom. The van der Waals surface area contributed by atoms with Crippen LogP contribution < -0.4 is 10.1 Å². The van der Waals surface area contributed by atoms with Gasteiger partial charge in [0.05, 0.1) is 19.2 Å². The van der Waals surface area contributed by atoms with Gasteiger partial charge in [0.1, 0.15) is 17.9 Å². The van der Waals surface area contributed by atoms with E-state index < -0.39 is 0 Å². The third-order valence-corrected chi connectivity index (χ3v) is 3.24. The summed E-state index contributed by atoms with van der Waals surface area (Å²) in [6.45, 7) is 3.91. The lowest BCUT2D eigenvalue weighted by atomic mass is 10.1. The number of aliphatic hydroxyl groups excluding tert-OH is 1. The molecular formula is C18H21N3O2. The smallest absolute Gasteiger partial charge is 0.141 e. The van der Waals surface area contributed by atoms with Gasteiger partial charge in [0.2, 0.25) is 0 Å². The van der Waals surface area contributed by atoms with E-state index in [0.29, 0.717) is 17.1 Å². The SMILES string of the molecule is CC.COc1cc2c(Nc3ccccc3)ncnc2cc1CO. The van der Waals surface area contributed by atoms with Crippen molar-refractivity contribution in [2.75, 3.05) is 12.4 Å². The number of benzene rings is 2. The first-order valence-corrected chi connectivity index (χ1v) is 7.56. The van der Waals surface area contributed by atoms with Crippen molar-refractivity contribution in [2.45, 2.75) is 20.5 Å². The molecular weight excluding hydrogens is 290 g/mol. The Morgan fingerprint density at radius 3 is 2.48 bits per heavy atom. The topological polar surface area (TPSA) is 67.3 Å². The van der Waals surface area contributed by atoms with Crippen LogP contribution in [0.3, 0.4) is 0 Å². The zero-order valence-corrected chi connectivity index (χ0v) is 13.6. The molecule has 0 aliphatic rings. The molecule has 0 unspecified atom stereocenters. The summed E-state index contributed by atoms with van der Waals surface area (Å²) in [7, 11) is 1.58. The van der Waals surface area contributed by atoms with Gasteiger partial charge >= 0.3 is 0 Å². The number of hydrogen-bond donors (Lipinski definition) is 2. The molecule has 23 heavy (non-hydrogen) atoms. The van der Waals surface area contributed by atoms with E-state index in [2.05, 4.69) is 15.3 Å². The molecule has 5 nitrogen and oxygen atoms in total. The molecule has 1 heterocycles. The first-order valence-electron chi connectivity index (χ1n) is 7.56. The van der Waals surface area contributed by atoms with E-state index in [4.69, 9.17) is 4.74 Å². The van der Waals surface area contributed by atoms with Crippen LogP contribution in [-0.4, -0.2) is 22.2 Å². The van der Waals surface area contributed by atoms with E-state index in [1.807, 2.05) is 56.3 Å². The Balaban J connectivity index is 0.000000924. The molecule has 3 rings (SSSR count). The Labute approximate surface area is 136 Å². The van der Waals surface area contributed by atoms with Gasteiger partial charge in [-0.2, -0.15) is 0 Å². The van der Waals surface area contributed by atoms with Crippen LogP contribution in [0.25, 0.3) is 10.9 Å². The van der Waals surface area contributed by atoms with Gasteiger partial charge in [0, 0.05) is 16.6 Å². The van der Waals surface area contributed by atoms with E-state index in [1.54, 1.807) is 7.11 Å². The second kappa shape index (κ2) is 8.10. The van der Waals surface area contributed by atoms with Crippen LogP contribution in [0.15, 0.2) is 48.8 Å². The zero-order valence-electron chi connectivity index (χ0n) is 13.6. The minimum atomic E-state index is -0.0927. The number of fused-ring (bicyclic) bond motifs is 1. The Kier molecular flexibility index (Phi) is 5.88. The van der Waals surface area contributed by atoms with Gasteiger partial charge in [-0.3, -0.25) is 0 Å². The summed E-state index contributed by atoms with van der Waals surface area (Å²) in [5, 5.41) is 13.5. The predicted octanol–water partition coefficient (Wildman–Crippen LogP) is 3.90. The molecule has 0 atom stereocenters. The van der Waals surface area contributed by atoms with Crippen molar-refractivity contribution in [3.63, 3.8) is 0 Å². The van der Waals surface area contributed by atoms with Crippen molar-refractivity contribution in [2.24, 2.45) is 0 Å². The van der Waals surface area contributed by atoms with Gasteiger partial charge in [0.25, 0.3) is 0 Å². The summed E-state index contributed by atoms with van der Waals surface area (Å²) in [5.41, 5.74) is 2.41. The van der Waals surface area contributed by atoms with E-state index in [9.17, 15) is 5.11 Å². The average Bonchev–Trinajstić information content (AvgIpc) is 2.63. The molecule has 0 bridgehead atoms. The largest absolute Gasteiger partial charge is 0.496 e. The van der Waals surface area contributed by atoms with Crippen LogP contribution in [0.4, 0.5) is 11.5 Å². The van der Waals surface area contributed by atoms with Crippen LogP contribution in [0.2, 0.25) is 0 Å². The lowest BCUT2D eigenvalue weighted by Crippen LogP contribution is -1.98. The van der Waals surface area contributed by atoms with Crippen LogP contribution in [0.5, 0.6) is 5.75 Å². The molecule has 0 saturated heterocycles. The molecule has 1 aromatic heterocycles. The predicted molar refractivity (Wildman–Crippen MR) is 93.1 cm³/mol. The molecule has 2 aromatic carbocycles. The number of anilines is 2. The maximum atomic E-state index is 9.37. The first kappa shape index (κ1) is 16.7. The number of nitrogens with one attached hydrogen (secondary N) is 1. The van der Waals surface area contributed by atoms with Crippen molar-refractivity contribution in [3.8, 4) is 5.75 Å². The van der Waals surface area contributed by atoms with Gasteiger partial charge < -0.3 is 15.2 Å². The van der Waals surface area contributed by atoms with Crippen LogP contribution >= 0.6 is 0 Å². The third-order valence-electron chi connectivity index (χ3n) is 3.24. The highest BCUT2D eigenvalue weighted by Gasteiger charge is 2.10. The summed E-state index contributed by atoms with van der Waals surface area (Å²) < 4.78 is 5.31. The highest BCUT2D eigenvalue weighted by atomic mass is 16.5. The lowest BCUT2D eigenvalue weighted by molar-refractivity contribution is 0.274. The van der Waals surface area contributed by atoms with E-state index >= 15 is 0 Å². The van der Waals surface area contributed by atoms with Crippen molar-refractivity contribution >= 4 is 22.4 Å². The van der Waals surface area contributed by atoms with Gasteiger partial charge in [0.15, 0.2) is 0 Å². The molecule has 0 amide bonds. The summed E-state index contributed by atoms with van der Waals surface area (Å²) >= 11 is 0. The maximum absolute atomic E-state index is 9.37. The number of rotatable bonds is 4. The number of para-hydroxylation sites is 1. The van der Waals surface area contributed by atoms with E-state index in [-0.39, 0.29) is 6.61 Å². The number of aromatic nitrogens is 2. The van der Waals surface area contributed by atoms with Gasteiger partial charge in [-0.05, 0) is 24.3 Å². The Bertz CT molecular complexity index is 761. The summed E-state index contributed by atoms with van der Waals surface area (Å²) in [6, 6.07) is 13.4. The fourth-order valence-electron chi connectivity index (χ4n) is 2.20. The lowest BCUT2D eigenvalue weighted by Gasteiger charge is -2.11. The molecule has 0 fully saturated rings. The molecule has 5 heteroatoms. The quantitative estimate of drug-likeness (QED) is 0.765. The average molecular weight is 311 g/mol. The van der Waals surface area contributed by atoms with Crippen molar-refractivity contribution in [1.29, 1.82) is 0 Å². The second-order valence-electron chi connectivity index (χ2n) is 4.55. The van der Waals surface area contributed by atoms with Gasteiger partial charge in [-0.15, -0.1) is 0 Å². The summed E-state index contributed by atoms with van der Waals surface area (Å²) in [5.74, 6) is 1.32. The monoisotopic (exact) mass is 311 g/mol. The molecule has 120 valence electrons. The number of hydrogen-bond acceptors (Lipinski definition) is 5. The second-order valence-corrected chi connectivity index (χ2v) is 4.55. The van der Waals surface area contributed by atoms with E-state index in [1.165, 1.54) is 6.33 Å². The number of aliphatic hydroxyl groups is 1. The molecule has 2 N–H and O–H groups in total. The van der Waals surface area contributed by atoms with Crippen molar-refractivity contribution in [1.82, 2.24) is 9.97 Å².